The number of nitrogens with zero attached hydrogens (tertiary/aromatic N) is 3. The van der Waals surface area contributed by atoms with Crippen molar-refractivity contribution in [2.24, 2.45) is 0 Å². The van der Waals surface area contributed by atoms with Gasteiger partial charge in [-0.1, -0.05) is 41.3 Å². The van der Waals surface area contributed by atoms with Crippen LogP contribution in [0.25, 0.3) is 15.2 Å². The number of carbonyl (C=O) groups excluding carboxylic acids is 2. The van der Waals surface area contributed by atoms with Crippen molar-refractivity contribution in [2.45, 2.75) is 11.6 Å². The highest BCUT2D eigenvalue weighted by Gasteiger charge is 2.15. The maximum Gasteiger partial charge on any atom is 0.321 e. The molecule has 3 heterocycles. The third-order valence-electron chi connectivity index (χ3n) is 3.73. The van der Waals surface area contributed by atoms with Crippen LogP contribution in [0.4, 0.5) is 4.79 Å². The molecule has 0 bridgehead atoms. The van der Waals surface area contributed by atoms with Gasteiger partial charge in [0.25, 0.3) is 0 Å². The molecule has 1 aromatic carbocycles. The molecular weight excluding hydrogens is 402 g/mol. The number of aromatic nitrogens is 3. The Kier molecular flexibility index (Phi) is 5.37. The largest absolute Gasteiger partial charge is 0.337 e. The van der Waals surface area contributed by atoms with Gasteiger partial charge in [0.15, 0.2) is 5.16 Å². The zero-order chi connectivity index (χ0) is 18.6. The van der Waals surface area contributed by atoms with Gasteiger partial charge in [0.2, 0.25) is 10.9 Å². The van der Waals surface area contributed by atoms with Crippen LogP contribution in [0.1, 0.15) is 4.88 Å². The number of imide groups is 1. The molecule has 2 N–H and O–H groups in total. The predicted octanol–water partition coefficient (Wildman–Crippen LogP) is 3.17. The van der Waals surface area contributed by atoms with E-state index in [4.69, 9.17) is 0 Å². The Morgan fingerprint density at radius 2 is 2.04 bits per heavy atom. The quantitative estimate of drug-likeness (QED) is 0.471. The van der Waals surface area contributed by atoms with E-state index in [0.29, 0.717) is 11.7 Å². The lowest BCUT2D eigenvalue weighted by molar-refractivity contribution is -0.117. The van der Waals surface area contributed by atoms with Crippen LogP contribution in [0.15, 0.2) is 46.9 Å². The van der Waals surface area contributed by atoms with Crippen molar-refractivity contribution in [3.8, 4) is 0 Å². The first kappa shape index (κ1) is 18.0. The number of thiazole rings is 1. The average Bonchev–Trinajstić information content (AvgIpc) is 3.37. The molecule has 0 saturated heterocycles. The molecule has 3 amide bonds. The summed E-state index contributed by atoms with van der Waals surface area (Å²) < 4.78 is 3.04. The van der Waals surface area contributed by atoms with Gasteiger partial charge in [-0.2, -0.15) is 0 Å². The number of thiophene rings is 1. The standard InChI is InChI=1S/C17H15N5O2S3/c23-14(19-15(24)18-8-7-11-4-3-9-25-11)10-26-16-20-21-17-22(16)12-5-1-2-6-13(12)27-17/h1-6,9H,7-8,10H2,(H2,18,19,23,24). The minimum absolute atomic E-state index is 0.0866. The highest BCUT2D eigenvalue weighted by Crippen LogP contribution is 2.29. The summed E-state index contributed by atoms with van der Waals surface area (Å²) in [5.41, 5.74) is 1.01. The summed E-state index contributed by atoms with van der Waals surface area (Å²) in [7, 11) is 0. The maximum atomic E-state index is 12.0. The Balaban J connectivity index is 1.30. The number of thioether (sulfide) groups is 1. The summed E-state index contributed by atoms with van der Waals surface area (Å²) in [6.45, 7) is 0.485. The zero-order valence-corrected chi connectivity index (χ0v) is 16.5. The molecule has 0 aliphatic carbocycles. The lowest BCUT2D eigenvalue weighted by Gasteiger charge is -2.05. The molecule has 0 aliphatic rings. The third-order valence-corrected chi connectivity index (χ3v) is 6.61. The third kappa shape index (κ3) is 4.12. The summed E-state index contributed by atoms with van der Waals surface area (Å²) in [5, 5.41) is 16.0. The first-order valence-corrected chi connectivity index (χ1v) is 10.8. The second-order valence-corrected chi connectivity index (χ2v) is 8.58. The van der Waals surface area contributed by atoms with Crippen LogP contribution in [-0.4, -0.2) is 38.8 Å². The molecule has 0 spiro atoms. The number of hydrogen-bond donors (Lipinski definition) is 2. The number of benzene rings is 1. The maximum absolute atomic E-state index is 12.0. The fourth-order valence-electron chi connectivity index (χ4n) is 2.54. The van der Waals surface area contributed by atoms with Crippen molar-refractivity contribution < 1.29 is 9.59 Å². The summed E-state index contributed by atoms with van der Waals surface area (Å²) in [4.78, 5) is 25.8. The van der Waals surface area contributed by atoms with Crippen molar-refractivity contribution in [3.05, 3.63) is 46.7 Å². The molecule has 0 saturated carbocycles. The van der Waals surface area contributed by atoms with Crippen LogP contribution in [-0.2, 0) is 11.2 Å². The van der Waals surface area contributed by atoms with Crippen molar-refractivity contribution >= 4 is 61.6 Å². The first-order chi connectivity index (χ1) is 13.2. The van der Waals surface area contributed by atoms with Crippen LogP contribution >= 0.6 is 34.4 Å². The fourth-order valence-corrected chi connectivity index (χ4v) is 5.02. The van der Waals surface area contributed by atoms with E-state index >= 15 is 0 Å². The van der Waals surface area contributed by atoms with Crippen LogP contribution in [0.3, 0.4) is 0 Å². The minimum atomic E-state index is -0.482. The molecule has 10 heteroatoms. The van der Waals surface area contributed by atoms with Gasteiger partial charge in [-0.05, 0) is 30.0 Å². The van der Waals surface area contributed by atoms with Crippen molar-refractivity contribution in [1.82, 2.24) is 25.2 Å². The molecule has 4 rings (SSSR count). The normalized spacial score (nSPS) is 11.1. The van der Waals surface area contributed by atoms with Crippen LogP contribution < -0.4 is 10.6 Å². The molecule has 0 fully saturated rings. The fraction of sp³-hybridized carbons (Fsp3) is 0.176. The summed E-state index contributed by atoms with van der Waals surface area (Å²) in [6.07, 6.45) is 0.747. The van der Waals surface area contributed by atoms with Crippen molar-refractivity contribution in [2.75, 3.05) is 12.3 Å². The van der Waals surface area contributed by atoms with Crippen molar-refractivity contribution in [3.63, 3.8) is 0 Å². The van der Waals surface area contributed by atoms with Gasteiger partial charge in [-0.3, -0.25) is 14.5 Å². The summed E-state index contributed by atoms with van der Waals surface area (Å²) in [6, 6.07) is 11.5. The van der Waals surface area contributed by atoms with E-state index in [2.05, 4.69) is 20.8 Å². The topological polar surface area (TPSA) is 88.4 Å². The number of amides is 3. The highest BCUT2D eigenvalue weighted by molar-refractivity contribution is 7.99. The molecule has 27 heavy (non-hydrogen) atoms. The Hall–Kier alpha value is -2.43. The van der Waals surface area contributed by atoms with Crippen LogP contribution in [0.2, 0.25) is 0 Å². The first-order valence-electron chi connectivity index (χ1n) is 8.16. The number of carbonyl (C=O) groups is 2. The number of fused-ring (bicyclic) bond motifs is 3. The van der Waals surface area contributed by atoms with E-state index in [1.54, 1.807) is 22.7 Å². The van der Waals surface area contributed by atoms with E-state index in [0.717, 1.165) is 21.6 Å². The SMILES string of the molecule is O=C(CSc1nnc2sc3ccccc3n12)NC(=O)NCCc1cccs1. The number of hydrogen-bond acceptors (Lipinski definition) is 7. The van der Waals surface area contributed by atoms with E-state index in [-0.39, 0.29) is 11.7 Å². The molecule has 0 radical (unpaired) electrons. The second kappa shape index (κ2) is 8.07. The number of rotatable bonds is 6. The van der Waals surface area contributed by atoms with E-state index < -0.39 is 6.03 Å². The van der Waals surface area contributed by atoms with Gasteiger partial charge >= 0.3 is 6.03 Å². The number of urea groups is 1. The molecule has 138 valence electrons. The Morgan fingerprint density at radius 1 is 1.15 bits per heavy atom. The molecule has 7 nitrogen and oxygen atoms in total. The summed E-state index contributed by atoms with van der Waals surface area (Å²) >= 11 is 4.44. The lowest BCUT2D eigenvalue weighted by Crippen LogP contribution is -2.41. The van der Waals surface area contributed by atoms with Gasteiger partial charge in [-0.15, -0.1) is 21.5 Å². The van der Waals surface area contributed by atoms with Crippen LogP contribution in [0.5, 0.6) is 0 Å². The monoisotopic (exact) mass is 417 g/mol. The molecule has 0 unspecified atom stereocenters. The Bertz CT molecular complexity index is 1090. The molecular formula is C17H15N5O2S3. The molecule has 3 aromatic heterocycles. The van der Waals surface area contributed by atoms with Gasteiger partial charge in [-0.25, -0.2) is 4.79 Å². The number of para-hydroxylation sites is 1. The molecule has 0 aliphatic heterocycles. The Morgan fingerprint density at radius 3 is 2.89 bits per heavy atom. The van der Waals surface area contributed by atoms with Crippen molar-refractivity contribution in [1.29, 1.82) is 0 Å². The van der Waals surface area contributed by atoms with E-state index in [9.17, 15) is 9.59 Å². The molecule has 4 aromatic rings. The Labute approximate surface area is 166 Å². The van der Waals surface area contributed by atoms with Gasteiger partial charge in [0.05, 0.1) is 16.0 Å². The van der Waals surface area contributed by atoms with Gasteiger partial charge in [0.1, 0.15) is 0 Å². The zero-order valence-electron chi connectivity index (χ0n) is 14.0. The average molecular weight is 418 g/mol. The van der Waals surface area contributed by atoms with E-state index in [1.807, 2.05) is 46.2 Å². The van der Waals surface area contributed by atoms with Crippen LogP contribution in [0, 0.1) is 0 Å². The lowest BCUT2D eigenvalue weighted by atomic mass is 10.3. The molecule has 0 atom stereocenters. The number of nitrogens with one attached hydrogen (secondary N) is 2. The van der Waals surface area contributed by atoms with Gasteiger partial charge < -0.3 is 5.32 Å². The summed E-state index contributed by atoms with van der Waals surface area (Å²) in [5.74, 6) is -0.284. The smallest absolute Gasteiger partial charge is 0.321 e. The second-order valence-electron chi connectivity index (χ2n) is 5.59. The predicted molar refractivity (Wildman–Crippen MR) is 109 cm³/mol. The minimum Gasteiger partial charge on any atom is -0.337 e. The highest BCUT2D eigenvalue weighted by atomic mass is 32.2. The van der Waals surface area contributed by atoms with E-state index in [1.165, 1.54) is 16.6 Å². The van der Waals surface area contributed by atoms with Gasteiger partial charge in [0, 0.05) is 11.4 Å².